The zero-order valence-corrected chi connectivity index (χ0v) is 16.2. The van der Waals surface area contributed by atoms with Crippen LogP contribution in [0, 0.1) is 0 Å². The second-order valence-electron chi connectivity index (χ2n) is 6.29. The molecule has 3 amide bonds. The molecule has 0 aromatic heterocycles. The van der Waals surface area contributed by atoms with E-state index < -0.39 is 11.7 Å². The zero-order valence-electron chi connectivity index (χ0n) is 14.6. The van der Waals surface area contributed by atoms with E-state index in [-0.39, 0.29) is 18.4 Å². The molecule has 0 radical (unpaired) electrons. The van der Waals surface area contributed by atoms with Gasteiger partial charge in [0, 0.05) is 17.6 Å². The normalized spacial score (nSPS) is 10.7. The predicted molar refractivity (Wildman–Crippen MR) is 98.3 cm³/mol. The highest BCUT2D eigenvalue weighted by atomic mass is 79.9. The number of hydrogen-bond donors (Lipinski definition) is 3. The van der Waals surface area contributed by atoms with Crippen molar-refractivity contribution in [1.82, 2.24) is 16.0 Å². The molecule has 0 spiro atoms. The lowest BCUT2D eigenvalue weighted by atomic mass is 10.2. The van der Waals surface area contributed by atoms with E-state index in [2.05, 4.69) is 31.9 Å². The molecule has 0 aliphatic carbocycles. The molecule has 0 saturated heterocycles. The number of amides is 3. The number of ether oxygens (including phenoxy) is 1. The highest BCUT2D eigenvalue weighted by molar-refractivity contribution is 9.10. The molecule has 1 aromatic rings. The fraction of sp³-hybridized carbons (Fsp3) is 0.471. The van der Waals surface area contributed by atoms with Crippen LogP contribution in [0.4, 0.5) is 4.79 Å². The molecule has 0 unspecified atom stereocenters. The summed E-state index contributed by atoms with van der Waals surface area (Å²) < 4.78 is 5.76. The molecule has 1 rings (SSSR count). The Kier molecular flexibility index (Phi) is 8.40. The minimum atomic E-state index is -0.636. The highest BCUT2D eigenvalue weighted by Crippen LogP contribution is 2.15. The van der Waals surface area contributed by atoms with E-state index in [1.807, 2.05) is 6.07 Å². The number of carbonyl (C=O) groups excluding carboxylic acids is 3. The first-order valence-electron chi connectivity index (χ1n) is 7.95. The third-order valence-corrected chi connectivity index (χ3v) is 3.56. The van der Waals surface area contributed by atoms with Gasteiger partial charge in [0.2, 0.25) is 5.91 Å². The molecule has 0 saturated carbocycles. The topological polar surface area (TPSA) is 96.5 Å². The molecule has 7 nitrogen and oxygen atoms in total. The minimum absolute atomic E-state index is 0.155. The van der Waals surface area contributed by atoms with E-state index in [1.54, 1.807) is 39.0 Å². The van der Waals surface area contributed by atoms with Crippen molar-refractivity contribution >= 4 is 33.8 Å². The standard InChI is InChI=1S/C17H24BrN3O4/c1-17(2,3)25-16(24)21-11-14(22)19-9-6-10-20-15(23)12-7-4-5-8-13(12)18/h4-5,7-8H,6,9-11H2,1-3H3,(H,19,22)(H,20,23)(H,21,24). The van der Waals surface area contributed by atoms with Crippen LogP contribution in [0.2, 0.25) is 0 Å². The third-order valence-electron chi connectivity index (χ3n) is 2.87. The van der Waals surface area contributed by atoms with E-state index in [0.29, 0.717) is 25.1 Å². The molecule has 138 valence electrons. The van der Waals surface area contributed by atoms with Gasteiger partial charge in [-0.15, -0.1) is 0 Å². The fourth-order valence-electron chi connectivity index (χ4n) is 1.79. The molecule has 1 aromatic carbocycles. The van der Waals surface area contributed by atoms with Crippen molar-refractivity contribution in [2.45, 2.75) is 32.8 Å². The number of rotatable bonds is 7. The molecule has 3 N–H and O–H groups in total. The van der Waals surface area contributed by atoms with Crippen molar-refractivity contribution < 1.29 is 19.1 Å². The van der Waals surface area contributed by atoms with Crippen LogP contribution in [-0.4, -0.2) is 43.1 Å². The largest absolute Gasteiger partial charge is 0.444 e. The van der Waals surface area contributed by atoms with Crippen LogP contribution in [0.15, 0.2) is 28.7 Å². The first kappa shape index (κ1) is 21.0. The van der Waals surface area contributed by atoms with Crippen molar-refractivity contribution in [3.8, 4) is 0 Å². The summed E-state index contributed by atoms with van der Waals surface area (Å²) in [6.45, 7) is 5.90. The van der Waals surface area contributed by atoms with E-state index in [0.717, 1.165) is 4.47 Å². The SMILES string of the molecule is CC(C)(C)OC(=O)NCC(=O)NCCCNC(=O)c1ccccc1Br. The van der Waals surface area contributed by atoms with Crippen LogP contribution in [0.25, 0.3) is 0 Å². The smallest absolute Gasteiger partial charge is 0.408 e. The van der Waals surface area contributed by atoms with E-state index in [4.69, 9.17) is 4.74 Å². The summed E-state index contributed by atoms with van der Waals surface area (Å²) >= 11 is 3.32. The maximum Gasteiger partial charge on any atom is 0.408 e. The number of benzene rings is 1. The molecule has 0 fully saturated rings. The van der Waals surface area contributed by atoms with Gasteiger partial charge in [0.1, 0.15) is 5.60 Å². The van der Waals surface area contributed by atoms with Crippen LogP contribution in [0.5, 0.6) is 0 Å². The van der Waals surface area contributed by atoms with Gasteiger partial charge in [-0.2, -0.15) is 0 Å². The lowest BCUT2D eigenvalue weighted by Crippen LogP contribution is -2.40. The Balaban J connectivity index is 2.15. The first-order valence-corrected chi connectivity index (χ1v) is 8.74. The van der Waals surface area contributed by atoms with Gasteiger partial charge in [0.15, 0.2) is 0 Å². The van der Waals surface area contributed by atoms with Crippen LogP contribution in [-0.2, 0) is 9.53 Å². The van der Waals surface area contributed by atoms with Crippen molar-refractivity contribution in [1.29, 1.82) is 0 Å². The summed E-state index contributed by atoms with van der Waals surface area (Å²) in [5.41, 5.74) is -0.0416. The third kappa shape index (κ3) is 9.09. The zero-order chi connectivity index (χ0) is 18.9. The van der Waals surface area contributed by atoms with Gasteiger partial charge >= 0.3 is 6.09 Å². The van der Waals surface area contributed by atoms with Gasteiger partial charge in [-0.05, 0) is 55.3 Å². The summed E-state index contributed by atoms with van der Waals surface area (Å²) in [7, 11) is 0. The van der Waals surface area contributed by atoms with E-state index in [9.17, 15) is 14.4 Å². The number of halogens is 1. The Bertz CT molecular complexity index is 614. The number of carbonyl (C=O) groups is 3. The van der Waals surface area contributed by atoms with Crippen LogP contribution >= 0.6 is 15.9 Å². The molecule has 0 aliphatic heterocycles. The quantitative estimate of drug-likeness (QED) is 0.596. The van der Waals surface area contributed by atoms with Crippen molar-refractivity contribution in [2.75, 3.05) is 19.6 Å². The Morgan fingerprint density at radius 1 is 1.04 bits per heavy atom. The van der Waals surface area contributed by atoms with E-state index in [1.165, 1.54) is 0 Å². The summed E-state index contributed by atoms with van der Waals surface area (Å²) in [5.74, 6) is -0.492. The molecule has 0 bridgehead atoms. The summed E-state index contributed by atoms with van der Waals surface area (Å²) in [6.07, 6.45) is -0.0580. The van der Waals surface area contributed by atoms with Crippen LogP contribution in [0.3, 0.4) is 0 Å². The van der Waals surface area contributed by atoms with Crippen molar-refractivity contribution in [3.63, 3.8) is 0 Å². The molecule has 0 atom stereocenters. The van der Waals surface area contributed by atoms with Crippen molar-refractivity contribution in [2.24, 2.45) is 0 Å². The van der Waals surface area contributed by atoms with Gasteiger partial charge in [0.05, 0.1) is 12.1 Å². The highest BCUT2D eigenvalue weighted by Gasteiger charge is 2.16. The van der Waals surface area contributed by atoms with Gasteiger partial charge in [-0.25, -0.2) is 4.79 Å². The fourth-order valence-corrected chi connectivity index (χ4v) is 2.25. The molecule has 0 aliphatic rings. The molecule has 25 heavy (non-hydrogen) atoms. The second-order valence-corrected chi connectivity index (χ2v) is 7.15. The van der Waals surface area contributed by atoms with E-state index >= 15 is 0 Å². The average molecular weight is 414 g/mol. The van der Waals surface area contributed by atoms with Gasteiger partial charge in [-0.3, -0.25) is 9.59 Å². The second kappa shape index (κ2) is 10.0. The molecule has 8 heteroatoms. The Labute approximate surface area is 156 Å². The first-order chi connectivity index (χ1) is 11.7. The molecular formula is C17H24BrN3O4. The van der Waals surface area contributed by atoms with Gasteiger partial charge in [-0.1, -0.05) is 12.1 Å². The summed E-state index contributed by atoms with van der Waals surface area (Å²) in [4.78, 5) is 35.0. The maximum atomic E-state index is 12.0. The lowest BCUT2D eigenvalue weighted by molar-refractivity contribution is -0.120. The summed E-state index contributed by atoms with van der Waals surface area (Å²) in [6, 6.07) is 7.15. The Morgan fingerprint density at radius 3 is 2.32 bits per heavy atom. The van der Waals surface area contributed by atoms with Crippen LogP contribution < -0.4 is 16.0 Å². The monoisotopic (exact) mass is 413 g/mol. The summed E-state index contributed by atoms with van der Waals surface area (Å²) in [5, 5.41) is 7.81. The Hall–Kier alpha value is -2.09. The van der Waals surface area contributed by atoms with Crippen LogP contribution in [0.1, 0.15) is 37.6 Å². The number of hydrogen-bond acceptors (Lipinski definition) is 4. The minimum Gasteiger partial charge on any atom is -0.444 e. The van der Waals surface area contributed by atoms with Gasteiger partial charge in [0.25, 0.3) is 5.91 Å². The Morgan fingerprint density at radius 2 is 1.68 bits per heavy atom. The lowest BCUT2D eigenvalue weighted by Gasteiger charge is -2.19. The number of alkyl carbamates (subject to hydrolysis) is 1. The molecular weight excluding hydrogens is 390 g/mol. The predicted octanol–water partition coefficient (Wildman–Crippen LogP) is 2.21. The van der Waals surface area contributed by atoms with Crippen molar-refractivity contribution in [3.05, 3.63) is 34.3 Å². The molecule has 0 heterocycles. The van der Waals surface area contributed by atoms with Gasteiger partial charge < -0.3 is 20.7 Å². The maximum absolute atomic E-state index is 12.0. The average Bonchev–Trinajstić information content (AvgIpc) is 2.51. The number of nitrogens with one attached hydrogen (secondary N) is 3.